The Morgan fingerprint density at radius 3 is 2.52 bits per heavy atom. The molecule has 2 aromatic carbocycles. The minimum Gasteiger partial charge on any atom is -0.406 e. The Hall–Kier alpha value is -3.33. The number of benzene rings is 2. The SMILES string of the molecule is C[C@H](CO)Nc1nc(NCCc2ccccc2)cc(-c2cccc(OC(F)(F)F)c2)n1. The van der Waals surface area contributed by atoms with Gasteiger partial charge in [0.25, 0.3) is 0 Å². The van der Waals surface area contributed by atoms with E-state index in [1.54, 1.807) is 19.1 Å². The van der Waals surface area contributed by atoms with E-state index >= 15 is 0 Å². The Morgan fingerprint density at radius 1 is 1.03 bits per heavy atom. The molecule has 0 amide bonds. The number of ether oxygens (including phenoxy) is 1. The number of anilines is 2. The molecule has 1 aromatic heterocycles. The third-order valence-electron chi connectivity index (χ3n) is 4.30. The molecule has 3 aromatic rings. The highest BCUT2D eigenvalue weighted by atomic mass is 19.4. The van der Waals surface area contributed by atoms with Gasteiger partial charge in [0.05, 0.1) is 12.3 Å². The van der Waals surface area contributed by atoms with E-state index in [1.165, 1.54) is 18.2 Å². The predicted octanol–water partition coefficient (Wildman–Crippen LogP) is 4.49. The zero-order chi connectivity index (χ0) is 22.3. The summed E-state index contributed by atoms with van der Waals surface area (Å²) in [7, 11) is 0. The summed E-state index contributed by atoms with van der Waals surface area (Å²) in [5, 5.41) is 15.5. The zero-order valence-corrected chi connectivity index (χ0v) is 16.9. The van der Waals surface area contributed by atoms with Crippen molar-refractivity contribution in [3.8, 4) is 17.0 Å². The van der Waals surface area contributed by atoms with Crippen molar-refractivity contribution in [2.24, 2.45) is 0 Å². The molecule has 0 unspecified atom stereocenters. The number of nitrogens with one attached hydrogen (secondary N) is 2. The van der Waals surface area contributed by atoms with Gasteiger partial charge in [0.1, 0.15) is 11.6 Å². The molecule has 9 heteroatoms. The number of nitrogens with zero attached hydrogens (tertiary/aromatic N) is 2. The van der Waals surface area contributed by atoms with Gasteiger partial charge in [0.15, 0.2) is 0 Å². The second-order valence-electron chi connectivity index (χ2n) is 6.93. The first-order valence-corrected chi connectivity index (χ1v) is 9.73. The molecule has 164 valence electrons. The molecule has 6 nitrogen and oxygen atoms in total. The quantitative estimate of drug-likeness (QED) is 0.462. The normalized spacial score (nSPS) is 12.3. The van der Waals surface area contributed by atoms with Crippen molar-refractivity contribution in [1.29, 1.82) is 0 Å². The Labute approximate surface area is 178 Å². The lowest BCUT2D eigenvalue weighted by Gasteiger charge is -2.15. The van der Waals surface area contributed by atoms with E-state index in [0.29, 0.717) is 23.6 Å². The molecule has 0 radical (unpaired) electrons. The maximum Gasteiger partial charge on any atom is 0.573 e. The Kier molecular flexibility index (Phi) is 7.30. The molecule has 0 spiro atoms. The average molecular weight is 432 g/mol. The van der Waals surface area contributed by atoms with Crippen LogP contribution in [0.3, 0.4) is 0 Å². The molecule has 3 rings (SSSR count). The fraction of sp³-hybridized carbons (Fsp3) is 0.273. The Balaban J connectivity index is 1.84. The molecule has 31 heavy (non-hydrogen) atoms. The number of hydrogen-bond donors (Lipinski definition) is 3. The van der Waals surface area contributed by atoms with Gasteiger partial charge < -0.3 is 20.5 Å². The van der Waals surface area contributed by atoms with Crippen LogP contribution in [0.2, 0.25) is 0 Å². The summed E-state index contributed by atoms with van der Waals surface area (Å²) in [6, 6.07) is 16.9. The number of hydrogen-bond acceptors (Lipinski definition) is 6. The molecule has 0 saturated carbocycles. The molecular weight excluding hydrogens is 409 g/mol. The highest BCUT2D eigenvalue weighted by Crippen LogP contribution is 2.28. The third kappa shape index (κ3) is 7.14. The lowest BCUT2D eigenvalue weighted by Crippen LogP contribution is -2.21. The fourth-order valence-electron chi connectivity index (χ4n) is 2.85. The van der Waals surface area contributed by atoms with Gasteiger partial charge in [-0.1, -0.05) is 42.5 Å². The Bertz CT molecular complexity index is 984. The minimum absolute atomic E-state index is 0.126. The molecular formula is C22H23F3N4O2. The summed E-state index contributed by atoms with van der Waals surface area (Å²) >= 11 is 0. The van der Waals surface area contributed by atoms with Crippen LogP contribution in [0.5, 0.6) is 5.75 Å². The largest absolute Gasteiger partial charge is 0.573 e. The van der Waals surface area contributed by atoms with E-state index in [1.807, 2.05) is 30.3 Å². The lowest BCUT2D eigenvalue weighted by molar-refractivity contribution is -0.274. The van der Waals surface area contributed by atoms with Crippen LogP contribution in [0.15, 0.2) is 60.7 Å². The van der Waals surface area contributed by atoms with Crippen molar-refractivity contribution >= 4 is 11.8 Å². The van der Waals surface area contributed by atoms with Crippen molar-refractivity contribution in [2.75, 3.05) is 23.8 Å². The van der Waals surface area contributed by atoms with Gasteiger partial charge in [-0.25, -0.2) is 4.98 Å². The van der Waals surface area contributed by atoms with E-state index in [0.717, 1.165) is 12.0 Å². The van der Waals surface area contributed by atoms with E-state index in [2.05, 4.69) is 25.3 Å². The number of aliphatic hydroxyl groups is 1. The molecule has 3 N–H and O–H groups in total. The summed E-state index contributed by atoms with van der Waals surface area (Å²) in [5.41, 5.74) is 2.01. The maximum atomic E-state index is 12.6. The summed E-state index contributed by atoms with van der Waals surface area (Å²) in [6.45, 7) is 2.24. The zero-order valence-electron chi connectivity index (χ0n) is 16.9. The van der Waals surface area contributed by atoms with Crippen molar-refractivity contribution in [1.82, 2.24) is 9.97 Å². The van der Waals surface area contributed by atoms with E-state index in [9.17, 15) is 18.3 Å². The van der Waals surface area contributed by atoms with Crippen molar-refractivity contribution in [3.05, 3.63) is 66.2 Å². The second-order valence-corrected chi connectivity index (χ2v) is 6.93. The first kappa shape index (κ1) is 22.4. The maximum absolute atomic E-state index is 12.6. The monoisotopic (exact) mass is 432 g/mol. The summed E-state index contributed by atoms with van der Waals surface area (Å²) in [5.74, 6) is 0.430. The van der Waals surface area contributed by atoms with Gasteiger partial charge in [0.2, 0.25) is 5.95 Å². The van der Waals surface area contributed by atoms with Gasteiger partial charge in [0, 0.05) is 24.2 Å². The molecule has 0 saturated heterocycles. The topological polar surface area (TPSA) is 79.3 Å². The molecule has 0 aliphatic rings. The summed E-state index contributed by atoms with van der Waals surface area (Å²) in [6.07, 6.45) is -4.01. The van der Waals surface area contributed by atoms with Gasteiger partial charge in [-0.2, -0.15) is 4.98 Å². The summed E-state index contributed by atoms with van der Waals surface area (Å²) < 4.78 is 41.7. The molecule has 0 aliphatic heterocycles. The van der Waals surface area contributed by atoms with E-state index < -0.39 is 6.36 Å². The standard InChI is InChI=1S/C22H23F3N4O2/c1-15(14-30)27-21-28-19(17-8-5-9-18(12-17)31-22(23,24)25)13-20(29-21)26-11-10-16-6-3-2-4-7-16/h2-9,12-13,15,30H,10-11,14H2,1H3,(H2,26,27,28,29)/t15-/m1/s1. The van der Waals surface area contributed by atoms with Crippen LogP contribution in [-0.4, -0.2) is 40.6 Å². The number of aliphatic hydroxyl groups excluding tert-OH is 1. The van der Waals surface area contributed by atoms with Crippen LogP contribution in [0, 0.1) is 0 Å². The van der Waals surface area contributed by atoms with Crippen LogP contribution in [0.25, 0.3) is 11.3 Å². The summed E-state index contributed by atoms with van der Waals surface area (Å²) in [4.78, 5) is 8.79. The van der Waals surface area contributed by atoms with Crippen LogP contribution in [-0.2, 0) is 6.42 Å². The smallest absolute Gasteiger partial charge is 0.406 e. The van der Waals surface area contributed by atoms with Crippen LogP contribution in [0.1, 0.15) is 12.5 Å². The van der Waals surface area contributed by atoms with Crippen LogP contribution < -0.4 is 15.4 Å². The molecule has 1 heterocycles. The predicted molar refractivity (Wildman–Crippen MR) is 113 cm³/mol. The van der Waals surface area contributed by atoms with Crippen molar-refractivity contribution < 1.29 is 23.0 Å². The highest BCUT2D eigenvalue weighted by molar-refractivity contribution is 5.66. The van der Waals surface area contributed by atoms with Crippen molar-refractivity contribution in [2.45, 2.75) is 25.7 Å². The minimum atomic E-state index is -4.78. The average Bonchev–Trinajstić information content (AvgIpc) is 2.73. The van der Waals surface area contributed by atoms with Gasteiger partial charge in [-0.05, 0) is 31.0 Å². The van der Waals surface area contributed by atoms with E-state index in [-0.39, 0.29) is 24.3 Å². The molecule has 0 fully saturated rings. The first-order chi connectivity index (χ1) is 14.8. The number of alkyl halides is 3. The van der Waals surface area contributed by atoms with Crippen LogP contribution in [0.4, 0.5) is 24.9 Å². The molecule has 0 aliphatic carbocycles. The number of rotatable bonds is 9. The molecule has 1 atom stereocenters. The first-order valence-electron chi connectivity index (χ1n) is 9.73. The molecule has 0 bridgehead atoms. The van der Waals surface area contributed by atoms with Gasteiger partial charge in [-0.3, -0.25) is 0 Å². The van der Waals surface area contributed by atoms with Gasteiger partial charge in [-0.15, -0.1) is 13.2 Å². The lowest BCUT2D eigenvalue weighted by atomic mass is 10.1. The second kappa shape index (κ2) is 10.1. The van der Waals surface area contributed by atoms with Gasteiger partial charge >= 0.3 is 6.36 Å². The van der Waals surface area contributed by atoms with Crippen LogP contribution >= 0.6 is 0 Å². The highest BCUT2D eigenvalue weighted by Gasteiger charge is 2.31. The number of aromatic nitrogens is 2. The van der Waals surface area contributed by atoms with Crippen molar-refractivity contribution in [3.63, 3.8) is 0 Å². The van der Waals surface area contributed by atoms with E-state index in [4.69, 9.17) is 0 Å². The third-order valence-corrected chi connectivity index (χ3v) is 4.30. The fourth-order valence-corrected chi connectivity index (χ4v) is 2.85. The number of halogens is 3. The Morgan fingerprint density at radius 2 is 1.81 bits per heavy atom.